The van der Waals surface area contributed by atoms with E-state index in [0.717, 1.165) is 24.2 Å². The van der Waals surface area contributed by atoms with Crippen molar-refractivity contribution in [2.45, 2.75) is 37.7 Å². The molecule has 0 saturated heterocycles. The van der Waals surface area contributed by atoms with Gasteiger partial charge >= 0.3 is 5.97 Å². The first kappa shape index (κ1) is 12.3. The van der Waals surface area contributed by atoms with Crippen LogP contribution >= 0.6 is 0 Å². The highest BCUT2D eigenvalue weighted by atomic mass is 16.5. The van der Waals surface area contributed by atoms with Crippen molar-refractivity contribution >= 4 is 12.0 Å². The predicted octanol–water partition coefficient (Wildman–Crippen LogP) is 3.58. The van der Waals surface area contributed by atoms with Crippen LogP contribution in [0.3, 0.4) is 0 Å². The highest BCUT2D eigenvalue weighted by Gasteiger charge is 2.34. The maximum Gasteiger partial charge on any atom is 0.337 e. The molecule has 1 aliphatic carbocycles. The van der Waals surface area contributed by atoms with Gasteiger partial charge in [-0.15, -0.1) is 0 Å². The first-order chi connectivity index (χ1) is 9.22. The number of fused-ring (bicyclic) bond motifs is 1. The Kier molecular flexibility index (Phi) is 3.05. The monoisotopic (exact) mass is 258 g/mol. The van der Waals surface area contributed by atoms with Crippen molar-refractivity contribution in [3.05, 3.63) is 35.4 Å². The molecule has 0 atom stereocenters. The molecule has 1 saturated carbocycles. The molecule has 1 heterocycles. The van der Waals surface area contributed by atoms with Crippen LogP contribution in [0, 0.1) is 0 Å². The Hall–Kier alpha value is -1.77. The van der Waals surface area contributed by atoms with E-state index in [1.165, 1.54) is 26.4 Å². The van der Waals surface area contributed by atoms with E-state index < -0.39 is 0 Å². The maximum absolute atomic E-state index is 11.5. The van der Waals surface area contributed by atoms with Gasteiger partial charge in [-0.05, 0) is 50.0 Å². The molecule has 0 aromatic heterocycles. The van der Waals surface area contributed by atoms with Crippen LogP contribution in [0.15, 0.2) is 24.3 Å². The predicted molar refractivity (Wildman–Crippen MR) is 73.3 cm³/mol. The lowest BCUT2D eigenvalue weighted by molar-refractivity contribution is 0.0600. The lowest BCUT2D eigenvalue weighted by Gasteiger charge is -2.38. The molecule has 100 valence electrons. The van der Waals surface area contributed by atoms with Crippen LogP contribution in [0.1, 0.15) is 48.0 Å². The van der Waals surface area contributed by atoms with Crippen LogP contribution in [-0.2, 0) is 4.74 Å². The van der Waals surface area contributed by atoms with Gasteiger partial charge in [0.15, 0.2) is 0 Å². The molecular formula is C16H18O3. The molecule has 1 spiro atoms. The van der Waals surface area contributed by atoms with Gasteiger partial charge in [0.1, 0.15) is 11.4 Å². The van der Waals surface area contributed by atoms with E-state index in [1.54, 1.807) is 6.07 Å². The van der Waals surface area contributed by atoms with E-state index >= 15 is 0 Å². The third-order valence-corrected chi connectivity index (χ3v) is 4.01. The maximum atomic E-state index is 11.5. The van der Waals surface area contributed by atoms with E-state index in [2.05, 4.69) is 12.2 Å². The standard InChI is InChI=1S/C16H18O3/c1-18-15(17)13-5-6-14-12(11-13)7-10-16(19-14)8-3-2-4-9-16/h5-7,10-11H,2-4,8-9H2,1H3. The van der Waals surface area contributed by atoms with Crippen molar-refractivity contribution in [3.8, 4) is 5.75 Å². The third-order valence-electron chi connectivity index (χ3n) is 4.01. The van der Waals surface area contributed by atoms with Gasteiger partial charge in [0.05, 0.1) is 12.7 Å². The molecule has 1 aromatic rings. The average molecular weight is 258 g/mol. The molecule has 0 radical (unpaired) electrons. The second-order valence-corrected chi connectivity index (χ2v) is 5.31. The van der Waals surface area contributed by atoms with Crippen LogP contribution in [-0.4, -0.2) is 18.7 Å². The zero-order chi connectivity index (χ0) is 13.3. The van der Waals surface area contributed by atoms with Crippen molar-refractivity contribution in [2.24, 2.45) is 0 Å². The molecule has 3 heteroatoms. The van der Waals surface area contributed by atoms with Crippen LogP contribution in [0.25, 0.3) is 6.08 Å². The average Bonchev–Trinajstić information content (AvgIpc) is 2.47. The Bertz CT molecular complexity index is 525. The fourth-order valence-electron chi connectivity index (χ4n) is 2.93. The van der Waals surface area contributed by atoms with Gasteiger partial charge in [0, 0.05) is 5.56 Å². The molecule has 3 nitrogen and oxygen atoms in total. The molecule has 0 bridgehead atoms. The number of carbonyl (C=O) groups is 1. The molecule has 1 aliphatic heterocycles. The number of ether oxygens (including phenoxy) is 2. The Balaban J connectivity index is 1.89. The summed E-state index contributed by atoms with van der Waals surface area (Å²) < 4.78 is 10.9. The van der Waals surface area contributed by atoms with Crippen molar-refractivity contribution in [3.63, 3.8) is 0 Å². The lowest BCUT2D eigenvalue weighted by Crippen LogP contribution is -2.37. The Labute approximate surface area is 113 Å². The number of methoxy groups -OCH3 is 1. The quantitative estimate of drug-likeness (QED) is 0.722. The van der Waals surface area contributed by atoms with Gasteiger partial charge in [-0.25, -0.2) is 4.79 Å². The number of hydrogen-bond donors (Lipinski definition) is 0. The normalized spacial score (nSPS) is 19.6. The Morgan fingerprint density at radius 2 is 2.05 bits per heavy atom. The summed E-state index contributed by atoms with van der Waals surface area (Å²) in [6.45, 7) is 0. The molecule has 1 fully saturated rings. The molecule has 0 unspecified atom stereocenters. The molecule has 19 heavy (non-hydrogen) atoms. The molecular weight excluding hydrogens is 240 g/mol. The Morgan fingerprint density at radius 3 is 2.79 bits per heavy atom. The molecule has 2 aliphatic rings. The molecule has 3 rings (SSSR count). The van der Waals surface area contributed by atoms with Gasteiger partial charge in [0.25, 0.3) is 0 Å². The fourth-order valence-corrected chi connectivity index (χ4v) is 2.93. The van der Waals surface area contributed by atoms with Gasteiger partial charge in [-0.1, -0.05) is 12.5 Å². The SMILES string of the molecule is COC(=O)c1ccc2c(c1)C=CC1(CCCCC1)O2. The minimum absolute atomic E-state index is 0.113. The topological polar surface area (TPSA) is 35.5 Å². The van der Waals surface area contributed by atoms with E-state index in [-0.39, 0.29) is 11.6 Å². The minimum Gasteiger partial charge on any atom is -0.483 e. The Morgan fingerprint density at radius 1 is 1.26 bits per heavy atom. The van der Waals surface area contributed by atoms with E-state index in [4.69, 9.17) is 9.47 Å². The van der Waals surface area contributed by atoms with E-state index in [0.29, 0.717) is 5.56 Å². The summed E-state index contributed by atoms with van der Waals surface area (Å²) in [6.07, 6.45) is 10.2. The summed E-state index contributed by atoms with van der Waals surface area (Å²) in [6, 6.07) is 5.47. The van der Waals surface area contributed by atoms with Crippen LogP contribution in [0.5, 0.6) is 5.75 Å². The van der Waals surface area contributed by atoms with Crippen molar-refractivity contribution in [2.75, 3.05) is 7.11 Å². The fraction of sp³-hybridized carbons (Fsp3) is 0.438. The number of rotatable bonds is 1. The zero-order valence-corrected chi connectivity index (χ0v) is 11.1. The zero-order valence-electron chi connectivity index (χ0n) is 11.1. The summed E-state index contributed by atoms with van der Waals surface area (Å²) in [4.78, 5) is 11.5. The lowest BCUT2D eigenvalue weighted by atomic mass is 9.82. The van der Waals surface area contributed by atoms with Crippen molar-refractivity contribution < 1.29 is 14.3 Å². The summed E-state index contributed by atoms with van der Waals surface area (Å²) in [5.74, 6) is 0.561. The number of esters is 1. The molecule has 0 N–H and O–H groups in total. The van der Waals surface area contributed by atoms with Gasteiger partial charge in [0.2, 0.25) is 0 Å². The summed E-state index contributed by atoms with van der Waals surface area (Å²) in [5.41, 5.74) is 1.41. The van der Waals surface area contributed by atoms with Crippen LogP contribution in [0.2, 0.25) is 0 Å². The first-order valence-corrected chi connectivity index (χ1v) is 6.83. The van der Waals surface area contributed by atoms with Gasteiger partial charge in [-0.2, -0.15) is 0 Å². The molecule has 1 aromatic carbocycles. The van der Waals surface area contributed by atoms with Gasteiger partial charge in [-0.3, -0.25) is 0 Å². The minimum atomic E-state index is -0.311. The van der Waals surface area contributed by atoms with Crippen molar-refractivity contribution in [1.29, 1.82) is 0 Å². The smallest absolute Gasteiger partial charge is 0.337 e. The summed E-state index contributed by atoms with van der Waals surface area (Å²) in [7, 11) is 1.39. The highest BCUT2D eigenvalue weighted by molar-refractivity contribution is 5.90. The summed E-state index contributed by atoms with van der Waals surface area (Å²) in [5, 5.41) is 0. The van der Waals surface area contributed by atoms with Crippen LogP contribution < -0.4 is 4.74 Å². The van der Waals surface area contributed by atoms with Crippen LogP contribution in [0.4, 0.5) is 0 Å². The van der Waals surface area contributed by atoms with Crippen molar-refractivity contribution in [1.82, 2.24) is 0 Å². The van der Waals surface area contributed by atoms with Gasteiger partial charge < -0.3 is 9.47 Å². The number of benzene rings is 1. The third kappa shape index (κ3) is 2.25. The van der Waals surface area contributed by atoms with E-state index in [1.807, 2.05) is 12.1 Å². The second-order valence-electron chi connectivity index (χ2n) is 5.31. The largest absolute Gasteiger partial charge is 0.483 e. The molecule has 0 amide bonds. The number of carbonyl (C=O) groups excluding carboxylic acids is 1. The highest BCUT2D eigenvalue weighted by Crippen LogP contribution is 2.39. The van der Waals surface area contributed by atoms with E-state index in [9.17, 15) is 4.79 Å². The summed E-state index contributed by atoms with van der Waals surface area (Å²) >= 11 is 0. The number of hydrogen-bond acceptors (Lipinski definition) is 3. The second kappa shape index (κ2) is 4.72. The first-order valence-electron chi connectivity index (χ1n) is 6.83.